The van der Waals surface area contributed by atoms with E-state index in [1.807, 2.05) is 37.3 Å². The Morgan fingerprint density at radius 3 is 2.43 bits per heavy atom. The molecule has 2 heterocycles. The molecule has 6 rings (SSSR count). The molecule has 0 radical (unpaired) electrons. The number of benzene rings is 4. The summed E-state index contributed by atoms with van der Waals surface area (Å²) in [5, 5.41) is 21.4. The Bertz CT molecular complexity index is 2070. The number of aliphatic hydroxyl groups is 1. The molecule has 5 aromatic rings. The Hall–Kier alpha value is -4.55. The van der Waals surface area contributed by atoms with Gasteiger partial charge in [-0.1, -0.05) is 88.3 Å². The van der Waals surface area contributed by atoms with Gasteiger partial charge in [-0.3, -0.25) is 14.5 Å². The summed E-state index contributed by atoms with van der Waals surface area (Å²) >= 11 is 14.9. The first kappa shape index (κ1) is 34.3. The predicted octanol–water partition coefficient (Wildman–Crippen LogP) is 8.67. The van der Waals surface area contributed by atoms with Crippen molar-refractivity contribution in [3.8, 4) is 17.2 Å². The van der Waals surface area contributed by atoms with Gasteiger partial charge in [-0.2, -0.15) is 0 Å². The second kappa shape index (κ2) is 14.9. The number of hydrogen-bond donors (Lipinski definition) is 1. The van der Waals surface area contributed by atoms with Crippen LogP contribution in [-0.4, -0.2) is 41.2 Å². The minimum absolute atomic E-state index is 0.108. The molecule has 0 saturated carbocycles. The van der Waals surface area contributed by atoms with Gasteiger partial charge in [-0.05, 0) is 72.1 Å². The van der Waals surface area contributed by atoms with E-state index in [4.69, 9.17) is 37.4 Å². The molecule has 1 N–H and O–H groups in total. The van der Waals surface area contributed by atoms with E-state index in [1.54, 1.807) is 54.6 Å². The molecule has 1 atom stereocenters. The molecular weight excluding hydrogens is 705 g/mol. The third-order valence-electron chi connectivity index (χ3n) is 7.75. The number of amides is 1. The number of methoxy groups -OCH3 is 2. The van der Waals surface area contributed by atoms with Crippen LogP contribution in [0.15, 0.2) is 94.8 Å². The van der Waals surface area contributed by atoms with Gasteiger partial charge in [-0.15, -0.1) is 10.2 Å². The smallest absolute Gasteiger partial charge is 0.301 e. The highest BCUT2D eigenvalue weighted by Gasteiger charge is 2.48. The number of carbonyl (C=O) groups is 2. The summed E-state index contributed by atoms with van der Waals surface area (Å²) in [6, 6.07) is 23.9. The lowest BCUT2D eigenvalue weighted by Gasteiger charge is -2.23. The molecule has 13 heteroatoms. The van der Waals surface area contributed by atoms with E-state index >= 15 is 0 Å². The SMILES string of the molecule is COc1ccc(C2/C(=C(\O)c3ccc(OCc4cccc(C)c4)cc3)C(=O)C(=O)N2c2nnc(SCc3ccc(Cl)cc3Cl)s2)cc1OC. The zero-order chi connectivity index (χ0) is 34.7. The number of aliphatic hydroxyl groups excluding tert-OH is 1. The van der Waals surface area contributed by atoms with Gasteiger partial charge >= 0.3 is 5.91 Å². The first-order valence-corrected chi connectivity index (χ1v) is 17.4. The summed E-state index contributed by atoms with van der Waals surface area (Å²) in [6.07, 6.45) is 0. The molecule has 1 aliphatic rings. The summed E-state index contributed by atoms with van der Waals surface area (Å²) in [5.41, 5.74) is 3.73. The van der Waals surface area contributed by atoms with Crippen LogP contribution in [0.2, 0.25) is 10.0 Å². The quantitative estimate of drug-likeness (QED) is 0.0469. The molecule has 4 aromatic carbocycles. The normalized spacial score (nSPS) is 15.4. The lowest BCUT2D eigenvalue weighted by molar-refractivity contribution is -0.132. The molecule has 1 amide bonds. The molecule has 0 spiro atoms. The van der Waals surface area contributed by atoms with E-state index in [0.29, 0.717) is 55.1 Å². The van der Waals surface area contributed by atoms with Crippen LogP contribution in [0.1, 0.15) is 33.9 Å². The highest BCUT2D eigenvalue weighted by molar-refractivity contribution is 8.00. The van der Waals surface area contributed by atoms with Gasteiger partial charge in [0.15, 0.2) is 15.8 Å². The average molecular weight is 735 g/mol. The molecule has 1 fully saturated rings. The van der Waals surface area contributed by atoms with E-state index in [2.05, 4.69) is 10.2 Å². The summed E-state index contributed by atoms with van der Waals surface area (Å²) in [5.74, 6) is -0.167. The lowest BCUT2D eigenvalue weighted by Crippen LogP contribution is -2.29. The number of ketones is 1. The number of hydrogen-bond acceptors (Lipinski definition) is 10. The minimum atomic E-state index is -1.05. The molecule has 1 aliphatic heterocycles. The van der Waals surface area contributed by atoms with Gasteiger partial charge in [0.05, 0.1) is 25.8 Å². The number of thioether (sulfide) groups is 1. The third kappa shape index (κ3) is 7.40. The van der Waals surface area contributed by atoms with Crippen LogP contribution in [0.3, 0.4) is 0 Å². The number of rotatable bonds is 11. The number of carbonyl (C=O) groups excluding carboxylic acids is 2. The predicted molar refractivity (Wildman–Crippen MR) is 192 cm³/mol. The Balaban J connectivity index is 1.33. The van der Waals surface area contributed by atoms with Gasteiger partial charge in [0, 0.05) is 21.4 Å². The molecule has 1 aromatic heterocycles. The Labute approximate surface area is 301 Å². The average Bonchev–Trinajstić information content (AvgIpc) is 3.68. The van der Waals surface area contributed by atoms with E-state index in [1.165, 1.54) is 30.9 Å². The Kier molecular flexibility index (Phi) is 10.4. The highest BCUT2D eigenvalue weighted by Crippen LogP contribution is 2.46. The zero-order valence-electron chi connectivity index (χ0n) is 26.5. The van der Waals surface area contributed by atoms with Crippen molar-refractivity contribution in [3.63, 3.8) is 0 Å². The maximum absolute atomic E-state index is 13.7. The summed E-state index contributed by atoms with van der Waals surface area (Å²) in [4.78, 5) is 28.7. The van der Waals surface area contributed by atoms with Gasteiger partial charge in [0.25, 0.3) is 5.78 Å². The zero-order valence-corrected chi connectivity index (χ0v) is 29.6. The van der Waals surface area contributed by atoms with Crippen LogP contribution in [-0.2, 0) is 21.9 Å². The summed E-state index contributed by atoms with van der Waals surface area (Å²) < 4.78 is 17.4. The fourth-order valence-electron chi connectivity index (χ4n) is 5.34. The number of Topliss-reactive ketones (excluding diaryl/α,β-unsaturated/α-hetero) is 1. The number of aryl methyl sites for hydroxylation is 1. The number of halogens is 2. The van der Waals surface area contributed by atoms with Crippen molar-refractivity contribution in [3.05, 3.63) is 128 Å². The molecule has 49 heavy (non-hydrogen) atoms. The van der Waals surface area contributed by atoms with Crippen LogP contribution in [0, 0.1) is 6.92 Å². The van der Waals surface area contributed by atoms with Crippen LogP contribution in [0.25, 0.3) is 5.76 Å². The molecule has 0 aliphatic carbocycles. The van der Waals surface area contributed by atoms with Gasteiger partial charge in [0.2, 0.25) is 5.13 Å². The highest BCUT2D eigenvalue weighted by atomic mass is 35.5. The van der Waals surface area contributed by atoms with Crippen LogP contribution < -0.4 is 19.1 Å². The number of anilines is 1. The van der Waals surface area contributed by atoms with Crippen molar-refractivity contribution in [1.29, 1.82) is 0 Å². The van der Waals surface area contributed by atoms with Crippen molar-refractivity contribution in [2.75, 3.05) is 19.1 Å². The second-order valence-corrected chi connectivity index (χ2v) is 14.0. The Morgan fingerprint density at radius 2 is 1.71 bits per heavy atom. The molecular formula is C36H29Cl2N3O6S2. The van der Waals surface area contributed by atoms with Crippen LogP contribution in [0.5, 0.6) is 17.2 Å². The Morgan fingerprint density at radius 1 is 0.939 bits per heavy atom. The topological polar surface area (TPSA) is 111 Å². The first-order valence-electron chi connectivity index (χ1n) is 14.9. The number of aromatic nitrogens is 2. The molecule has 0 bridgehead atoms. The van der Waals surface area contributed by atoms with Crippen molar-refractivity contribution < 1.29 is 28.9 Å². The fraction of sp³-hybridized carbons (Fsp3) is 0.167. The number of ether oxygens (including phenoxy) is 3. The third-order valence-corrected chi connectivity index (χ3v) is 10.4. The molecule has 1 saturated heterocycles. The first-order chi connectivity index (χ1) is 23.7. The van der Waals surface area contributed by atoms with Gasteiger partial charge in [-0.25, -0.2) is 0 Å². The van der Waals surface area contributed by atoms with E-state index in [0.717, 1.165) is 28.0 Å². The summed E-state index contributed by atoms with van der Waals surface area (Å²) in [7, 11) is 3.00. The van der Waals surface area contributed by atoms with E-state index in [9.17, 15) is 14.7 Å². The largest absolute Gasteiger partial charge is 0.507 e. The van der Waals surface area contributed by atoms with Crippen LogP contribution >= 0.6 is 46.3 Å². The van der Waals surface area contributed by atoms with Crippen molar-refractivity contribution in [1.82, 2.24) is 10.2 Å². The van der Waals surface area contributed by atoms with Gasteiger partial charge < -0.3 is 19.3 Å². The van der Waals surface area contributed by atoms with Crippen molar-refractivity contribution in [2.24, 2.45) is 0 Å². The minimum Gasteiger partial charge on any atom is -0.507 e. The second-order valence-electron chi connectivity index (χ2n) is 11.0. The summed E-state index contributed by atoms with van der Waals surface area (Å²) in [6.45, 7) is 2.38. The molecule has 250 valence electrons. The molecule has 9 nitrogen and oxygen atoms in total. The number of nitrogens with zero attached hydrogens (tertiary/aromatic N) is 3. The maximum atomic E-state index is 13.7. The van der Waals surface area contributed by atoms with E-state index in [-0.39, 0.29) is 16.5 Å². The van der Waals surface area contributed by atoms with Gasteiger partial charge in [0.1, 0.15) is 18.1 Å². The van der Waals surface area contributed by atoms with Crippen LogP contribution in [0.4, 0.5) is 5.13 Å². The standard InChI is InChI=1S/C36H29Cl2N3O6S2/c1-20-5-4-6-21(15-20)18-47-26-12-8-22(9-13-26)32(42)30-31(23-10-14-28(45-2)29(16-23)46-3)41(34(44)33(30)43)35-39-40-36(49-35)48-19-24-7-11-25(37)17-27(24)38/h4-17,31,42H,18-19H2,1-3H3/b32-30+. The van der Waals surface area contributed by atoms with E-state index < -0.39 is 17.7 Å². The monoisotopic (exact) mass is 733 g/mol. The van der Waals surface area contributed by atoms with Crippen molar-refractivity contribution in [2.45, 2.75) is 29.7 Å². The lowest BCUT2D eigenvalue weighted by atomic mass is 9.95. The molecule has 1 unspecified atom stereocenters. The fourth-order valence-corrected chi connectivity index (χ4v) is 7.76. The maximum Gasteiger partial charge on any atom is 0.301 e. The van der Waals surface area contributed by atoms with Crippen molar-refractivity contribution >= 4 is 68.9 Å².